The Kier molecular flexibility index (Phi) is 5.29. The molecular formula is C17H24O5. The van der Waals surface area contributed by atoms with Crippen LogP contribution in [0.2, 0.25) is 0 Å². The summed E-state index contributed by atoms with van der Waals surface area (Å²) in [6, 6.07) is 3.70. The summed E-state index contributed by atoms with van der Waals surface area (Å²) in [5.41, 5.74) is 0.626. The maximum atomic E-state index is 12.1. The quantitative estimate of drug-likeness (QED) is 0.874. The predicted octanol–water partition coefficient (Wildman–Crippen LogP) is 3.14. The molecule has 0 amide bonds. The number of carboxylic acids is 1. The summed E-state index contributed by atoms with van der Waals surface area (Å²) in [6.07, 6.45) is 4.09. The Morgan fingerprint density at radius 1 is 1.09 bits per heavy atom. The Bertz CT molecular complexity index is 507. The first kappa shape index (κ1) is 16.6. The standard InChI is InChI=1S/C17H24O5/c1-20-11-12-9-13(21-2)15(14(10-12)22-3)17(16(18)19)7-5-4-6-8-17/h9-10H,4-8,11H2,1-3H3,(H,18,19). The second kappa shape index (κ2) is 7.01. The van der Waals surface area contributed by atoms with Crippen LogP contribution >= 0.6 is 0 Å². The summed E-state index contributed by atoms with van der Waals surface area (Å²) in [5, 5.41) is 9.92. The monoisotopic (exact) mass is 308 g/mol. The van der Waals surface area contributed by atoms with Gasteiger partial charge in [0.15, 0.2) is 0 Å². The number of methoxy groups -OCH3 is 3. The van der Waals surface area contributed by atoms with Crippen molar-refractivity contribution in [1.82, 2.24) is 0 Å². The lowest BCUT2D eigenvalue weighted by Crippen LogP contribution is -2.38. The molecule has 1 aliphatic rings. The molecule has 0 aromatic heterocycles. The third-order valence-electron chi connectivity index (χ3n) is 4.47. The minimum absolute atomic E-state index is 0.424. The van der Waals surface area contributed by atoms with Crippen LogP contribution in [0.15, 0.2) is 12.1 Å². The van der Waals surface area contributed by atoms with E-state index >= 15 is 0 Å². The Labute approximate surface area is 131 Å². The fourth-order valence-electron chi connectivity index (χ4n) is 3.41. The third-order valence-corrected chi connectivity index (χ3v) is 4.47. The van der Waals surface area contributed by atoms with Gasteiger partial charge in [-0.3, -0.25) is 4.79 Å². The van der Waals surface area contributed by atoms with E-state index in [0.717, 1.165) is 24.8 Å². The van der Waals surface area contributed by atoms with Crippen LogP contribution < -0.4 is 9.47 Å². The normalized spacial score (nSPS) is 17.0. The van der Waals surface area contributed by atoms with Gasteiger partial charge in [-0.05, 0) is 30.5 Å². The number of carbonyl (C=O) groups is 1. The maximum Gasteiger partial charge on any atom is 0.314 e. The van der Waals surface area contributed by atoms with Gasteiger partial charge < -0.3 is 19.3 Å². The molecule has 1 aromatic rings. The van der Waals surface area contributed by atoms with Crippen molar-refractivity contribution in [2.75, 3.05) is 21.3 Å². The highest BCUT2D eigenvalue weighted by Gasteiger charge is 2.45. The van der Waals surface area contributed by atoms with E-state index in [-0.39, 0.29) is 0 Å². The molecule has 1 N–H and O–H groups in total. The molecule has 0 radical (unpaired) electrons. The van der Waals surface area contributed by atoms with E-state index in [2.05, 4.69) is 0 Å². The number of benzene rings is 1. The zero-order chi connectivity index (χ0) is 16.2. The summed E-state index contributed by atoms with van der Waals surface area (Å²) < 4.78 is 16.2. The van der Waals surface area contributed by atoms with Crippen molar-refractivity contribution in [2.45, 2.75) is 44.1 Å². The largest absolute Gasteiger partial charge is 0.496 e. The summed E-state index contributed by atoms with van der Waals surface area (Å²) in [4.78, 5) is 12.1. The summed E-state index contributed by atoms with van der Waals surface area (Å²) in [6.45, 7) is 0.424. The molecular weight excluding hydrogens is 284 g/mol. The smallest absolute Gasteiger partial charge is 0.314 e. The van der Waals surface area contributed by atoms with Gasteiger partial charge >= 0.3 is 5.97 Å². The highest BCUT2D eigenvalue weighted by Crippen LogP contribution is 2.48. The fourth-order valence-corrected chi connectivity index (χ4v) is 3.41. The molecule has 1 aromatic carbocycles. The second-order valence-corrected chi connectivity index (χ2v) is 5.76. The van der Waals surface area contributed by atoms with E-state index in [1.165, 1.54) is 0 Å². The molecule has 0 heterocycles. The predicted molar refractivity (Wildman–Crippen MR) is 82.7 cm³/mol. The Balaban J connectivity index is 2.62. The molecule has 0 aliphatic heterocycles. The van der Waals surface area contributed by atoms with Crippen LogP contribution in [0.1, 0.15) is 43.2 Å². The van der Waals surface area contributed by atoms with E-state index in [0.29, 0.717) is 36.5 Å². The van der Waals surface area contributed by atoms with Crippen LogP contribution in [-0.4, -0.2) is 32.4 Å². The van der Waals surface area contributed by atoms with Crippen molar-refractivity contribution < 1.29 is 24.1 Å². The van der Waals surface area contributed by atoms with Gasteiger partial charge in [0, 0.05) is 7.11 Å². The summed E-state index contributed by atoms with van der Waals surface area (Å²) in [5.74, 6) is 0.328. The molecule has 5 nitrogen and oxygen atoms in total. The van der Waals surface area contributed by atoms with Gasteiger partial charge in [-0.15, -0.1) is 0 Å². The van der Waals surface area contributed by atoms with E-state index in [1.807, 2.05) is 12.1 Å². The van der Waals surface area contributed by atoms with E-state index < -0.39 is 11.4 Å². The van der Waals surface area contributed by atoms with Gasteiger partial charge in [0.1, 0.15) is 11.5 Å². The van der Waals surface area contributed by atoms with Crippen LogP contribution in [0.5, 0.6) is 11.5 Å². The lowest BCUT2D eigenvalue weighted by molar-refractivity contribution is -0.145. The van der Waals surface area contributed by atoms with Gasteiger partial charge in [0.2, 0.25) is 0 Å². The fraction of sp³-hybridized carbons (Fsp3) is 0.588. The zero-order valence-corrected chi connectivity index (χ0v) is 13.5. The van der Waals surface area contributed by atoms with Crippen LogP contribution in [0, 0.1) is 0 Å². The number of ether oxygens (including phenoxy) is 3. The Morgan fingerprint density at radius 3 is 2.05 bits per heavy atom. The third kappa shape index (κ3) is 2.90. The molecule has 0 saturated heterocycles. The van der Waals surface area contributed by atoms with Crippen molar-refractivity contribution >= 4 is 5.97 Å². The number of hydrogen-bond donors (Lipinski definition) is 1. The van der Waals surface area contributed by atoms with Crippen molar-refractivity contribution in [3.8, 4) is 11.5 Å². The first-order valence-corrected chi connectivity index (χ1v) is 7.56. The van der Waals surface area contributed by atoms with Crippen LogP contribution in [0.25, 0.3) is 0 Å². The number of rotatable bonds is 6. The van der Waals surface area contributed by atoms with Gasteiger partial charge in [-0.2, -0.15) is 0 Å². The van der Waals surface area contributed by atoms with Crippen LogP contribution in [0.3, 0.4) is 0 Å². The van der Waals surface area contributed by atoms with E-state index in [9.17, 15) is 9.90 Å². The molecule has 0 spiro atoms. The first-order valence-electron chi connectivity index (χ1n) is 7.56. The molecule has 0 bridgehead atoms. The molecule has 1 fully saturated rings. The van der Waals surface area contributed by atoms with Crippen molar-refractivity contribution in [3.05, 3.63) is 23.3 Å². The maximum absolute atomic E-state index is 12.1. The molecule has 1 aliphatic carbocycles. The number of carboxylic acid groups (broad SMARTS) is 1. The molecule has 2 rings (SSSR count). The highest BCUT2D eigenvalue weighted by molar-refractivity contribution is 5.84. The van der Waals surface area contributed by atoms with Crippen LogP contribution in [0.4, 0.5) is 0 Å². The van der Waals surface area contributed by atoms with Gasteiger partial charge in [0.25, 0.3) is 0 Å². The average Bonchev–Trinajstić information content (AvgIpc) is 2.54. The number of aliphatic carboxylic acids is 1. The van der Waals surface area contributed by atoms with Gasteiger partial charge in [0.05, 0.1) is 31.8 Å². The molecule has 0 unspecified atom stereocenters. The lowest BCUT2D eigenvalue weighted by atomic mass is 9.68. The Morgan fingerprint density at radius 2 is 1.64 bits per heavy atom. The topological polar surface area (TPSA) is 65.0 Å². The first-order chi connectivity index (χ1) is 10.6. The minimum atomic E-state index is -0.930. The minimum Gasteiger partial charge on any atom is -0.496 e. The molecule has 122 valence electrons. The van der Waals surface area contributed by atoms with Gasteiger partial charge in [-0.25, -0.2) is 0 Å². The number of hydrogen-bond acceptors (Lipinski definition) is 4. The summed E-state index contributed by atoms with van der Waals surface area (Å²) in [7, 11) is 4.74. The molecule has 1 saturated carbocycles. The molecule has 22 heavy (non-hydrogen) atoms. The lowest BCUT2D eigenvalue weighted by Gasteiger charge is -2.35. The SMILES string of the molecule is COCc1cc(OC)c(C2(C(=O)O)CCCCC2)c(OC)c1. The summed E-state index contributed by atoms with van der Waals surface area (Å²) >= 11 is 0. The molecule has 0 atom stereocenters. The highest BCUT2D eigenvalue weighted by atomic mass is 16.5. The Hall–Kier alpha value is -1.75. The van der Waals surface area contributed by atoms with Crippen molar-refractivity contribution in [3.63, 3.8) is 0 Å². The van der Waals surface area contributed by atoms with Crippen LogP contribution in [-0.2, 0) is 21.6 Å². The van der Waals surface area contributed by atoms with Gasteiger partial charge in [-0.1, -0.05) is 19.3 Å². The van der Waals surface area contributed by atoms with Crippen molar-refractivity contribution in [1.29, 1.82) is 0 Å². The molecule has 5 heteroatoms. The average molecular weight is 308 g/mol. The zero-order valence-electron chi connectivity index (χ0n) is 13.5. The van der Waals surface area contributed by atoms with Crippen molar-refractivity contribution in [2.24, 2.45) is 0 Å². The van der Waals surface area contributed by atoms with E-state index in [1.54, 1.807) is 21.3 Å². The second-order valence-electron chi connectivity index (χ2n) is 5.76. The van der Waals surface area contributed by atoms with E-state index in [4.69, 9.17) is 14.2 Å².